The lowest BCUT2D eigenvalue weighted by atomic mass is 10.2. The lowest BCUT2D eigenvalue weighted by molar-refractivity contribution is 0.292. The van der Waals surface area contributed by atoms with Crippen LogP contribution < -0.4 is 11.2 Å². The summed E-state index contributed by atoms with van der Waals surface area (Å²) < 4.78 is 1.76. The first-order valence-corrected chi connectivity index (χ1v) is 7.88. The molecule has 0 aromatic carbocycles. The Morgan fingerprint density at radius 2 is 1.95 bits per heavy atom. The molecule has 0 unspecified atom stereocenters. The standard InChI is InChI=1S/C13H21N3O2S/c1-4-15(5-2)6-11-9(3)16(10-7-19-8-10)13(18)14-12(11)17/h10H,4-8H2,1-3H3,(H,14,17,18). The molecule has 0 atom stereocenters. The normalized spacial score (nSPS) is 15.8. The topological polar surface area (TPSA) is 58.1 Å². The molecule has 0 spiro atoms. The van der Waals surface area contributed by atoms with E-state index in [0.29, 0.717) is 6.54 Å². The smallest absolute Gasteiger partial charge is 0.299 e. The molecule has 0 amide bonds. The molecule has 106 valence electrons. The Labute approximate surface area is 117 Å². The van der Waals surface area contributed by atoms with E-state index in [0.717, 1.165) is 35.9 Å². The molecule has 0 bridgehead atoms. The molecule has 1 aliphatic rings. The highest BCUT2D eigenvalue weighted by Crippen LogP contribution is 2.29. The Kier molecular flexibility index (Phi) is 4.52. The SMILES string of the molecule is CCN(CC)Cc1c(C)n(C2CSC2)c(=O)[nH]c1=O. The van der Waals surface area contributed by atoms with E-state index in [1.807, 2.05) is 18.7 Å². The maximum Gasteiger partial charge on any atom is 0.328 e. The molecule has 19 heavy (non-hydrogen) atoms. The molecule has 2 heterocycles. The molecule has 1 fully saturated rings. The first-order valence-electron chi connectivity index (χ1n) is 6.72. The third kappa shape index (κ3) is 2.79. The number of H-pyrrole nitrogens is 1. The highest BCUT2D eigenvalue weighted by Gasteiger charge is 2.25. The predicted octanol–water partition coefficient (Wildman–Crippen LogP) is 0.975. The van der Waals surface area contributed by atoms with E-state index >= 15 is 0 Å². The zero-order chi connectivity index (χ0) is 14.0. The Balaban J connectivity index is 2.42. The molecule has 2 rings (SSSR count). The van der Waals surface area contributed by atoms with Crippen molar-refractivity contribution in [3.8, 4) is 0 Å². The van der Waals surface area contributed by atoms with Gasteiger partial charge in [0, 0.05) is 23.7 Å². The zero-order valence-corrected chi connectivity index (χ0v) is 12.5. The second kappa shape index (κ2) is 5.96. The second-order valence-electron chi connectivity index (χ2n) is 4.85. The monoisotopic (exact) mass is 283 g/mol. The molecule has 1 N–H and O–H groups in total. The van der Waals surface area contributed by atoms with E-state index in [-0.39, 0.29) is 17.3 Å². The number of hydrogen-bond donors (Lipinski definition) is 1. The van der Waals surface area contributed by atoms with Crippen molar-refractivity contribution in [2.24, 2.45) is 0 Å². The van der Waals surface area contributed by atoms with E-state index in [1.165, 1.54) is 0 Å². The van der Waals surface area contributed by atoms with Crippen molar-refractivity contribution >= 4 is 11.8 Å². The van der Waals surface area contributed by atoms with Crippen molar-refractivity contribution in [1.82, 2.24) is 14.5 Å². The lowest BCUT2D eigenvalue weighted by Gasteiger charge is -2.29. The number of thioether (sulfide) groups is 1. The fraction of sp³-hybridized carbons (Fsp3) is 0.692. The molecule has 5 nitrogen and oxygen atoms in total. The third-order valence-electron chi connectivity index (χ3n) is 3.77. The molecular formula is C13H21N3O2S. The Hall–Kier alpha value is -1.01. The zero-order valence-electron chi connectivity index (χ0n) is 11.7. The number of nitrogens with zero attached hydrogens (tertiary/aromatic N) is 2. The van der Waals surface area contributed by atoms with Crippen LogP contribution in [0.1, 0.15) is 31.1 Å². The van der Waals surface area contributed by atoms with E-state index in [9.17, 15) is 9.59 Å². The van der Waals surface area contributed by atoms with Crippen LogP contribution in [-0.2, 0) is 6.54 Å². The van der Waals surface area contributed by atoms with Crippen molar-refractivity contribution in [3.63, 3.8) is 0 Å². The van der Waals surface area contributed by atoms with Crippen LogP contribution in [0.3, 0.4) is 0 Å². The highest BCUT2D eigenvalue weighted by molar-refractivity contribution is 8.00. The first kappa shape index (κ1) is 14.4. The molecule has 1 aromatic rings. The van der Waals surface area contributed by atoms with Crippen molar-refractivity contribution in [1.29, 1.82) is 0 Å². The summed E-state index contributed by atoms with van der Waals surface area (Å²) in [4.78, 5) is 28.6. The second-order valence-corrected chi connectivity index (χ2v) is 5.92. The summed E-state index contributed by atoms with van der Waals surface area (Å²) in [6.07, 6.45) is 0. The average Bonchev–Trinajstić information content (AvgIpc) is 2.32. The van der Waals surface area contributed by atoms with Crippen LogP contribution in [0, 0.1) is 6.92 Å². The molecule has 0 aliphatic carbocycles. The largest absolute Gasteiger partial charge is 0.328 e. The van der Waals surface area contributed by atoms with Gasteiger partial charge in [0.05, 0.1) is 11.6 Å². The quantitative estimate of drug-likeness (QED) is 0.875. The molecule has 1 aromatic heterocycles. The Bertz CT molecular complexity index is 556. The van der Waals surface area contributed by atoms with Gasteiger partial charge in [-0.3, -0.25) is 19.2 Å². The Morgan fingerprint density at radius 3 is 2.42 bits per heavy atom. The molecule has 1 aliphatic heterocycles. The van der Waals surface area contributed by atoms with Crippen molar-refractivity contribution in [2.45, 2.75) is 33.4 Å². The number of hydrogen-bond acceptors (Lipinski definition) is 4. The van der Waals surface area contributed by atoms with Crippen molar-refractivity contribution < 1.29 is 0 Å². The van der Waals surface area contributed by atoms with Crippen LogP contribution in [0.5, 0.6) is 0 Å². The van der Waals surface area contributed by atoms with Crippen LogP contribution in [0.4, 0.5) is 0 Å². The van der Waals surface area contributed by atoms with Crippen LogP contribution in [0.2, 0.25) is 0 Å². The summed E-state index contributed by atoms with van der Waals surface area (Å²) in [5.41, 5.74) is 1.04. The molecule has 1 saturated heterocycles. The van der Waals surface area contributed by atoms with E-state index in [4.69, 9.17) is 0 Å². The number of aromatic nitrogens is 2. The van der Waals surface area contributed by atoms with Gasteiger partial charge in [-0.15, -0.1) is 0 Å². The Morgan fingerprint density at radius 1 is 1.32 bits per heavy atom. The molecule has 0 saturated carbocycles. The molecule has 6 heteroatoms. The van der Waals surface area contributed by atoms with Gasteiger partial charge in [-0.05, 0) is 20.0 Å². The maximum absolute atomic E-state index is 12.0. The van der Waals surface area contributed by atoms with Crippen molar-refractivity contribution in [3.05, 3.63) is 32.1 Å². The average molecular weight is 283 g/mol. The maximum atomic E-state index is 12.0. The van der Waals surface area contributed by atoms with E-state index < -0.39 is 0 Å². The minimum atomic E-state index is -0.268. The molecule has 0 radical (unpaired) electrons. The minimum absolute atomic E-state index is 0.238. The highest BCUT2D eigenvalue weighted by atomic mass is 32.2. The van der Waals surface area contributed by atoms with Gasteiger partial charge in [0.15, 0.2) is 0 Å². The number of aromatic amines is 1. The number of rotatable bonds is 5. The summed E-state index contributed by atoms with van der Waals surface area (Å²) >= 11 is 1.83. The van der Waals surface area contributed by atoms with Gasteiger partial charge in [-0.2, -0.15) is 11.8 Å². The van der Waals surface area contributed by atoms with Crippen molar-refractivity contribution in [2.75, 3.05) is 24.6 Å². The minimum Gasteiger partial charge on any atom is -0.299 e. The van der Waals surface area contributed by atoms with Gasteiger partial charge >= 0.3 is 5.69 Å². The van der Waals surface area contributed by atoms with Gasteiger partial charge in [-0.25, -0.2) is 4.79 Å². The lowest BCUT2D eigenvalue weighted by Crippen LogP contribution is -2.41. The van der Waals surface area contributed by atoms with Crippen LogP contribution in [0.25, 0.3) is 0 Å². The van der Waals surface area contributed by atoms with Gasteiger partial charge in [0.25, 0.3) is 5.56 Å². The van der Waals surface area contributed by atoms with Gasteiger partial charge in [0.1, 0.15) is 0 Å². The summed E-state index contributed by atoms with van der Waals surface area (Å²) in [5, 5.41) is 0. The van der Waals surface area contributed by atoms with Gasteiger partial charge in [0.2, 0.25) is 0 Å². The molecular weight excluding hydrogens is 262 g/mol. The van der Waals surface area contributed by atoms with E-state index in [2.05, 4.69) is 23.7 Å². The summed E-state index contributed by atoms with van der Waals surface area (Å²) in [5.74, 6) is 1.91. The van der Waals surface area contributed by atoms with Gasteiger partial charge < -0.3 is 0 Å². The summed E-state index contributed by atoms with van der Waals surface area (Å²) in [6, 6.07) is 0.241. The van der Waals surface area contributed by atoms with Gasteiger partial charge in [-0.1, -0.05) is 13.8 Å². The fourth-order valence-corrected chi connectivity index (χ4v) is 3.11. The van der Waals surface area contributed by atoms with Crippen LogP contribution in [0.15, 0.2) is 9.59 Å². The van der Waals surface area contributed by atoms with Crippen LogP contribution >= 0.6 is 11.8 Å². The number of nitrogens with one attached hydrogen (secondary N) is 1. The summed E-state index contributed by atoms with van der Waals surface area (Å²) in [7, 11) is 0. The van der Waals surface area contributed by atoms with E-state index in [1.54, 1.807) is 4.57 Å². The summed E-state index contributed by atoms with van der Waals surface area (Å²) in [6.45, 7) is 8.44. The predicted molar refractivity (Wildman–Crippen MR) is 79.0 cm³/mol. The first-order chi connectivity index (χ1) is 9.08. The third-order valence-corrected chi connectivity index (χ3v) is 5.01. The fourth-order valence-electron chi connectivity index (χ4n) is 2.36. The van der Waals surface area contributed by atoms with Crippen LogP contribution in [-0.4, -0.2) is 39.0 Å².